The van der Waals surface area contributed by atoms with Crippen LogP contribution < -0.4 is 10.5 Å². The van der Waals surface area contributed by atoms with Crippen molar-refractivity contribution in [3.63, 3.8) is 0 Å². The quantitative estimate of drug-likeness (QED) is 0.839. The molecule has 18 heavy (non-hydrogen) atoms. The summed E-state index contributed by atoms with van der Waals surface area (Å²) in [6.07, 6.45) is 2.10. The van der Waals surface area contributed by atoms with E-state index in [1.54, 1.807) is 0 Å². The monoisotopic (exact) mass is 249 g/mol. The van der Waals surface area contributed by atoms with E-state index in [0.717, 1.165) is 30.8 Å². The molecule has 0 spiro atoms. The highest BCUT2D eigenvalue weighted by Crippen LogP contribution is 2.40. The van der Waals surface area contributed by atoms with Gasteiger partial charge in [0.2, 0.25) is 0 Å². The standard InChI is InChI=1S/C14H19NO3/c15-13(14(7-16)8-17-9-14)11-3-4-12-10(6-11)2-1-5-18-12/h3-4,6,13,16H,1-2,5,7-9,15H2. The Kier molecular flexibility index (Phi) is 3.01. The third kappa shape index (κ3) is 1.81. The molecule has 0 saturated carbocycles. The molecule has 4 heteroatoms. The van der Waals surface area contributed by atoms with E-state index in [4.69, 9.17) is 15.2 Å². The van der Waals surface area contributed by atoms with Gasteiger partial charge < -0.3 is 20.3 Å². The molecule has 0 aromatic heterocycles. The van der Waals surface area contributed by atoms with E-state index in [1.807, 2.05) is 12.1 Å². The van der Waals surface area contributed by atoms with Crippen molar-refractivity contribution in [3.05, 3.63) is 29.3 Å². The average molecular weight is 249 g/mol. The van der Waals surface area contributed by atoms with Crippen LogP contribution in [0.1, 0.15) is 23.6 Å². The van der Waals surface area contributed by atoms with Gasteiger partial charge in [-0.3, -0.25) is 0 Å². The molecule has 1 aromatic carbocycles. The first kappa shape index (κ1) is 12.0. The molecule has 3 N–H and O–H groups in total. The fourth-order valence-electron chi connectivity index (χ4n) is 2.66. The normalized spacial score (nSPS) is 22.6. The fourth-order valence-corrected chi connectivity index (χ4v) is 2.66. The first-order valence-electron chi connectivity index (χ1n) is 6.45. The minimum atomic E-state index is -0.302. The van der Waals surface area contributed by atoms with E-state index in [9.17, 15) is 5.11 Å². The molecule has 0 bridgehead atoms. The summed E-state index contributed by atoms with van der Waals surface area (Å²) in [5.41, 5.74) is 8.29. The van der Waals surface area contributed by atoms with E-state index in [-0.39, 0.29) is 18.1 Å². The Hall–Kier alpha value is -1.10. The highest BCUT2D eigenvalue weighted by Gasteiger charge is 2.44. The van der Waals surface area contributed by atoms with Crippen molar-refractivity contribution in [1.82, 2.24) is 0 Å². The van der Waals surface area contributed by atoms with Crippen LogP contribution in [0.3, 0.4) is 0 Å². The fraction of sp³-hybridized carbons (Fsp3) is 0.571. The largest absolute Gasteiger partial charge is 0.493 e. The Bertz CT molecular complexity index is 437. The van der Waals surface area contributed by atoms with Crippen LogP contribution in [0.25, 0.3) is 0 Å². The topological polar surface area (TPSA) is 64.7 Å². The van der Waals surface area contributed by atoms with Crippen molar-refractivity contribution < 1.29 is 14.6 Å². The molecule has 1 unspecified atom stereocenters. The molecule has 2 aliphatic rings. The molecule has 1 saturated heterocycles. The molecule has 2 aliphatic heterocycles. The lowest BCUT2D eigenvalue weighted by atomic mass is 9.76. The van der Waals surface area contributed by atoms with Crippen molar-refractivity contribution in [1.29, 1.82) is 0 Å². The predicted molar refractivity (Wildman–Crippen MR) is 67.5 cm³/mol. The van der Waals surface area contributed by atoms with E-state index in [1.165, 1.54) is 5.56 Å². The molecule has 0 aliphatic carbocycles. The van der Waals surface area contributed by atoms with E-state index in [0.29, 0.717) is 13.2 Å². The minimum absolute atomic E-state index is 0.0712. The van der Waals surface area contributed by atoms with Gasteiger partial charge in [-0.15, -0.1) is 0 Å². The van der Waals surface area contributed by atoms with Crippen molar-refractivity contribution >= 4 is 0 Å². The van der Waals surface area contributed by atoms with Crippen molar-refractivity contribution in [2.75, 3.05) is 26.4 Å². The SMILES string of the molecule is NC(c1ccc2c(c1)CCCO2)C1(CO)COC1. The van der Waals surface area contributed by atoms with Gasteiger partial charge in [0, 0.05) is 6.04 Å². The molecular weight excluding hydrogens is 230 g/mol. The second-order valence-corrected chi connectivity index (χ2v) is 5.31. The van der Waals surface area contributed by atoms with Crippen LogP contribution in [0, 0.1) is 5.41 Å². The minimum Gasteiger partial charge on any atom is -0.493 e. The Balaban J connectivity index is 1.87. The van der Waals surface area contributed by atoms with E-state index < -0.39 is 0 Å². The lowest BCUT2D eigenvalue weighted by molar-refractivity contribution is -0.150. The Morgan fingerprint density at radius 1 is 1.39 bits per heavy atom. The summed E-state index contributed by atoms with van der Waals surface area (Å²) in [5.74, 6) is 0.972. The molecule has 0 amide bonds. The zero-order valence-electron chi connectivity index (χ0n) is 10.4. The molecule has 2 heterocycles. The number of rotatable bonds is 3. The van der Waals surface area contributed by atoms with Crippen LogP contribution in [0.2, 0.25) is 0 Å². The van der Waals surface area contributed by atoms with Crippen LogP contribution in [0.15, 0.2) is 18.2 Å². The first-order valence-corrected chi connectivity index (χ1v) is 6.45. The number of hydrogen-bond donors (Lipinski definition) is 2. The maximum Gasteiger partial charge on any atom is 0.122 e. The maximum absolute atomic E-state index is 9.52. The van der Waals surface area contributed by atoms with Gasteiger partial charge in [0.15, 0.2) is 0 Å². The summed E-state index contributed by atoms with van der Waals surface area (Å²) >= 11 is 0. The molecule has 3 rings (SSSR count). The predicted octanol–water partition coefficient (Wildman–Crippen LogP) is 1.02. The summed E-state index contributed by atoms with van der Waals surface area (Å²) in [6.45, 7) is 1.95. The van der Waals surface area contributed by atoms with Gasteiger partial charge >= 0.3 is 0 Å². The van der Waals surface area contributed by atoms with Crippen LogP contribution in [-0.4, -0.2) is 31.5 Å². The summed E-state index contributed by atoms with van der Waals surface area (Å²) in [6, 6.07) is 5.94. The molecule has 0 radical (unpaired) electrons. The third-order valence-corrected chi connectivity index (χ3v) is 4.05. The van der Waals surface area contributed by atoms with Gasteiger partial charge in [-0.05, 0) is 30.0 Å². The molecule has 4 nitrogen and oxygen atoms in total. The molecule has 1 aromatic rings. The van der Waals surface area contributed by atoms with Gasteiger partial charge in [-0.25, -0.2) is 0 Å². The van der Waals surface area contributed by atoms with Crippen LogP contribution >= 0.6 is 0 Å². The number of benzene rings is 1. The lowest BCUT2D eigenvalue weighted by Crippen LogP contribution is -2.52. The van der Waals surface area contributed by atoms with Crippen molar-refractivity contribution in [3.8, 4) is 5.75 Å². The van der Waals surface area contributed by atoms with Crippen LogP contribution in [-0.2, 0) is 11.2 Å². The highest BCUT2D eigenvalue weighted by atomic mass is 16.5. The molecule has 1 fully saturated rings. The second kappa shape index (κ2) is 4.53. The summed E-state index contributed by atoms with van der Waals surface area (Å²) in [5, 5.41) is 9.52. The van der Waals surface area contributed by atoms with Crippen LogP contribution in [0.4, 0.5) is 0 Å². The Morgan fingerprint density at radius 3 is 2.89 bits per heavy atom. The number of aliphatic hydroxyl groups is 1. The van der Waals surface area contributed by atoms with Gasteiger partial charge in [-0.2, -0.15) is 0 Å². The summed E-state index contributed by atoms with van der Waals surface area (Å²) in [4.78, 5) is 0. The number of nitrogens with two attached hydrogens (primary N) is 1. The highest BCUT2D eigenvalue weighted by molar-refractivity contribution is 5.40. The molecule has 98 valence electrons. The average Bonchev–Trinajstić information content (AvgIpc) is 2.37. The van der Waals surface area contributed by atoms with Gasteiger partial charge in [0.1, 0.15) is 5.75 Å². The summed E-state index contributed by atoms with van der Waals surface area (Å²) in [7, 11) is 0. The number of aliphatic hydroxyl groups excluding tert-OH is 1. The van der Waals surface area contributed by atoms with Gasteiger partial charge in [0.05, 0.1) is 31.8 Å². The van der Waals surface area contributed by atoms with E-state index >= 15 is 0 Å². The van der Waals surface area contributed by atoms with E-state index in [2.05, 4.69) is 6.07 Å². The van der Waals surface area contributed by atoms with Gasteiger partial charge in [-0.1, -0.05) is 12.1 Å². The smallest absolute Gasteiger partial charge is 0.122 e. The Labute approximate surface area is 107 Å². The number of ether oxygens (including phenoxy) is 2. The second-order valence-electron chi connectivity index (χ2n) is 5.31. The van der Waals surface area contributed by atoms with Crippen molar-refractivity contribution in [2.45, 2.75) is 18.9 Å². The number of fused-ring (bicyclic) bond motifs is 1. The van der Waals surface area contributed by atoms with Crippen LogP contribution in [0.5, 0.6) is 5.75 Å². The number of aryl methyl sites for hydroxylation is 1. The third-order valence-electron chi connectivity index (χ3n) is 4.05. The number of hydrogen-bond acceptors (Lipinski definition) is 4. The first-order chi connectivity index (χ1) is 8.75. The zero-order valence-corrected chi connectivity index (χ0v) is 10.4. The van der Waals surface area contributed by atoms with Crippen molar-refractivity contribution in [2.24, 2.45) is 11.1 Å². The maximum atomic E-state index is 9.52. The lowest BCUT2D eigenvalue weighted by Gasteiger charge is -2.44. The zero-order chi connectivity index (χ0) is 12.6. The molecule has 1 atom stereocenters. The van der Waals surface area contributed by atoms with Gasteiger partial charge in [0.25, 0.3) is 0 Å². The Morgan fingerprint density at radius 2 is 2.22 bits per heavy atom. The molecular formula is C14H19NO3. The summed E-state index contributed by atoms with van der Waals surface area (Å²) < 4.78 is 10.8.